The summed E-state index contributed by atoms with van der Waals surface area (Å²) in [7, 11) is 0. The van der Waals surface area contributed by atoms with E-state index in [1.165, 1.54) is 0 Å². The lowest BCUT2D eigenvalue weighted by atomic mass is 10.2. The Hall–Kier alpha value is -1.89. The quantitative estimate of drug-likeness (QED) is 0.443. The lowest BCUT2D eigenvalue weighted by Gasteiger charge is -2.18. The number of amides is 1. The monoisotopic (exact) mass is 292 g/mol. The molecule has 0 spiro atoms. The van der Waals surface area contributed by atoms with Crippen LogP contribution in [-0.4, -0.2) is 28.0 Å². The van der Waals surface area contributed by atoms with Gasteiger partial charge in [0, 0.05) is 18.0 Å². The summed E-state index contributed by atoms with van der Waals surface area (Å²) >= 11 is 0. The van der Waals surface area contributed by atoms with Crippen molar-refractivity contribution in [2.45, 2.75) is 58.5 Å². The summed E-state index contributed by atoms with van der Waals surface area (Å²) in [6.45, 7) is 5.77. The number of anilines is 2. The molecule has 0 aromatic carbocycles. The molecule has 1 aliphatic rings. The molecule has 0 radical (unpaired) electrons. The van der Waals surface area contributed by atoms with E-state index in [2.05, 4.69) is 33.0 Å². The summed E-state index contributed by atoms with van der Waals surface area (Å²) in [5, 5.41) is 6.13. The highest BCUT2D eigenvalue weighted by atomic mass is 16.2. The van der Waals surface area contributed by atoms with Crippen molar-refractivity contribution in [3.05, 3.63) is 11.4 Å². The van der Waals surface area contributed by atoms with E-state index >= 15 is 0 Å². The first-order valence-corrected chi connectivity index (χ1v) is 7.46. The van der Waals surface area contributed by atoms with Crippen LogP contribution in [0.1, 0.15) is 44.5 Å². The largest absolute Gasteiger partial charge is 0.358 e. The van der Waals surface area contributed by atoms with Gasteiger partial charge >= 0.3 is 0 Å². The third-order valence-electron chi connectivity index (χ3n) is 3.47. The van der Waals surface area contributed by atoms with Gasteiger partial charge in [-0.15, -0.1) is 0 Å². The average molecular weight is 292 g/mol. The molecule has 0 saturated heterocycles. The minimum Gasteiger partial charge on any atom is -0.358 e. The van der Waals surface area contributed by atoms with E-state index in [0.717, 1.165) is 31.2 Å². The second kappa shape index (κ2) is 6.71. The molecule has 1 aliphatic carbocycles. The van der Waals surface area contributed by atoms with Gasteiger partial charge in [0.2, 0.25) is 5.91 Å². The highest BCUT2D eigenvalue weighted by Gasteiger charge is 2.26. The van der Waals surface area contributed by atoms with Crippen molar-refractivity contribution in [3.63, 3.8) is 0 Å². The average Bonchev–Trinajstić information content (AvgIpc) is 3.26. The Morgan fingerprint density at radius 3 is 2.62 bits per heavy atom. The molecule has 1 fully saturated rings. The van der Waals surface area contributed by atoms with Gasteiger partial charge in [-0.05, 0) is 33.1 Å². The number of aryl methyl sites for hydroxylation is 1. The minimum absolute atomic E-state index is 0.00480. The summed E-state index contributed by atoms with van der Waals surface area (Å²) in [5.41, 5.74) is 3.40. The van der Waals surface area contributed by atoms with Crippen LogP contribution in [0.25, 0.3) is 0 Å². The van der Waals surface area contributed by atoms with Crippen molar-refractivity contribution in [2.24, 2.45) is 5.84 Å². The maximum atomic E-state index is 12.0. The Morgan fingerprint density at radius 2 is 2.05 bits per heavy atom. The summed E-state index contributed by atoms with van der Waals surface area (Å²) in [5.74, 6) is 7.45. The molecule has 0 bridgehead atoms. The van der Waals surface area contributed by atoms with Crippen LogP contribution in [0.4, 0.5) is 11.6 Å². The van der Waals surface area contributed by atoms with E-state index in [4.69, 9.17) is 5.84 Å². The van der Waals surface area contributed by atoms with Crippen LogP contribution in [0.5, 0.6) is 0 Å². The smallest absolute Gasteiger partial charge is 0.242 e. The van der Waals surface area contributed by atoms with Crippen LogP contribution >= 0.6 is 0 Å². The fraction of sp³-hybridized carbons (Fsp3) is 0.643. The zero-order chi connectivity index (χ0) is 15.4. The summed E-state index contributed by atoms with van der Waals surface area (Å²) < 4.78 is 0. The van der Waals surface area contributed by atoms with Gasteiger partial charge in [0.15, 0.2) is 0 Å². The second-order valence-corrected chi connectivity index (χ2v) is 5.51. The number of carbonyl (C=O) groups is 1. The molecule has 0 aliphatic heterocycles. The van der Waals surface area contributed by atoms with Crippen molar-refractivity contribution in [1.29, 1.82) is 0 Å². The van der Waals surface area contributed by atoms with E-state index in [9.17, 15) is 4.79 Å². The molecule has 1 amide bonds. The first-order valence-electron chi connectivity index (χ1n) is 7.46. The molecular weight excluding hydrogens is 268 g/mol. The van der Waals surface area contributed by atoms with Gasteiger partial charge in [0.1, 0.15) is 23.5 Å². The van der Waals surface area contributed by atoms with E-state index < -0.39 is 0 Å². The number of nitrogens with zero attached hydrogens (tertiary/aromatic N) is 2. The fourth-order valence-electron chi connectivity index (χ4n) is 2.00. The topological polar surface area (TPSA) is 105 Å². The van der Waals surface area contributed by atoms with Crippen molar-refractivity contribution in [3.8, 4) is 0 Å². The zero-order valence-corrected chi connectivity index (χ0v) is 12.9. The van der Waals surface area contributed by atoms with E-state index in [-0.39, 0.29) is 11.9 Å². The summed E-state index contributed by atoms with van der Waals surface area (Å²) in [6, 6.07) is 0.00414. The molecule has 7 nitrogen and oxygen atoms in total. The SMILES string of the molecule is CCCc1nc(NN)c(C)c(NC(C)C(=O)NC2CC2)n1. The van der Waals surface area contributed by atoms with Gasteiger partial charge in [-0.1, -0.05) is 6.92 Å². The Kier molecular flexibility index (Phi) is 4.95. The second-order valence-electron chi connectivity index (χ2n) is 5.51. The number of aromatic nitrogens is 2. The summed E-state index contributed by atoms with van der Waals surface area (Å²) in [6.07, 6.45) is 3.87. The van der Waals surface area contributed by atoms with E-state index in [1.807, 2.05) is 13.8 Å². The highest BCUT2D eigenvalue weighted by molar-refractivity contribution is 5.84. The molecule has 5 N–H and O–H groups in total. The molecule has 2 rings (SSSR count). The Bertz CT molecular complexity index is 514. The standard InChI is InChI=1S/C14H24N6O/c1-4-5-11-18-12(8(2)13(19-11)20-15)16-9(3)14(21)17-10-6-7-10/h9-10H,4-7,15H2,1-3H3,(H,17,21)(H2,16,18,19,20). The number of carbonyl (C=O) groups excluding carboxylic acids is 1. The number of rotatable bonds is 7. The van der Waals surface area contributed by atoms with E-state index in [0.29, 0.717) is 23.5 Å². The first kappa shape index (κ1) is 15.5. The van der Waals surface area contributed by atoms with Crippen LogP contribution in [0.2, 0.25) is 0 Å². The third-order valence-corrected chi connectivity index (χ3v) is 3.47. The number of nitrogen functional groups attached to an aromatic ring is 1. The zero-order valence-electron chi connectivity index (χ0n) is 12.9. The maximum Gasteiger partial charge on any atom is 0.242 e. The molecule has 1 atom stereocenters. The van der Waals surface area contributed by atoms with Crippen LogP contribution in [-0.2, 0) is 11.2 Å². The minimum atomic E-state index is -0.348. The Balaban J connectivity index is 2.12. The number of hydrogen-bond acceptors (Lipinski definition) is 6. The molecule has 21 heavy (non-hydrogen) atoms. The van der Waals surface area contributed by atoms with Gasteiger partial charge in [-0.2, -0.15) is 0 Å². The van der Waals surface area contributed by atoms with Crippen LogP contribution < -0.4 is 21.9 Å². The van der Waals surface area contributed by atoms with Gasteiger partial charge in [-0.25, -0.2) is 15.8 Å². The van der Waals surface area contributed by atoms with Crippen LogP contribution in [0.3, 0.4) is 0 Å². The molecule has 1 saturated carbocycles. The molecule has 116 valence electrons. The number of nitrogens with one attached hydrogen (secondary N) is 3. The van der Waals surface area contributed by atoms with Crippen molar-refractivity contribution in [2.75, 3.05) is 10.7 Å². The normalized spacial score (nSPS) is 15.4. The maximum absolute atomic E-state index is 12.0. The number of hydrazine groups is 1. The molecule has 7 heteroatoms. The third kappa shape index (κ3) is 4.04. The molecular formula is C14H24N6O. The van der Waals surface area contributed by atoms with Crippen molar-refractivity contribution >= 4 is 17.5 Å². The predicted octanol–water partition coefficient (Wildman–Crippen LogP) is 1.10. The summed E-state index contributed by atoms with van der Waals surface area (Å²) in [4.78, 5) is 20.9. The number of hydrogen-bond donors (Lipinski definition) is 4. The van der Waals surface area contributed by atoms with Gasteiger partial charge in [0.05, 0.1) is 0 Å². The lowest BCUT2D eigenvalue weighted by molar-refractivity contribution is -0.121. The van der Waals surface area contributed by atoms with E-state index in [1.54, 1.807) is 0 Å². The molecule has 1 unspecified atom stereocenters. The molecule has 1 aromatic rings. The predicted molar refractivity (Wildman–Crippen MR) is 82.8 cm³/mol. The Morgan fingerprint density at radius 1 is 1.38 bits per heavy atom. The lowest BCUT2D eigenvalue weighted by Crippen LogP contribution is -2.39. The van der Waals surface area contributed by atoms with Gasteiger partial charge in [0.25, 0.3) is 0 Å². The van der Waals surface area contributed by atoms with Crippen LogP contribution in [0.15, 0.2) is 0 Å². The molecule has 1 heterocycles. The number of nitrogens with two attached hydrogens (primary N) is 1. The van der Waals surface area contributed by atoms with Crippen molar-refractivity contribution < 1.29 is 4.79 Å². The first-order chi connectivity index (χ1) is 10.0. The highest BCUT2D eigenvalue weighted by Crippen LogP contribution is 2.21. The van der Waals surface area contributed by atoms with Gasteiger partial charge in [-0.3, -0.25) is 4.79 Å². The Labute approximate surface area is 125 Å². The van der Waals surface area contributed by atoms with Crippen LogP contribution in [0, 0.1) is 6.92 Å². The molecule has 1 aromatic heterocycles. The van der Waals surface area contributed by atoms with Gasteiger partial charge < -0.3 is 16.1 Å². The van der Waals surface area contributed by atoms with Crippen molar-refractivity contribution in [1.82, 2.24) is 15.3 Å². The fourth-order valence-corrected chi connectivity index (χ4v) is 2.00.